The number of aromatic nitrogens is 2. The molecule has 1 amide bonds. The molecule has 1 aromatic carbocycles. The van der Waals surface area contributed by atoms with Gasteiger partial charge in [-0.2, -0.15) is 5.06 Å². The highest BCUT2D eigenvalue weighted by Gasteiger charge is 2.32. The first-order valence-electron chi connectivity index (χ1n) is 6.02. The van der Waals surface area contributed by atoms with Gasteiger partial charge in [0.1, 0.15) is 5.75 Å². The number of benzene rings is 1. The summed E-state index contributed by atoms with van der Waals surface area (Å²) in [6.45, 7) is 0. The van der Waals surface area contributed by atoms with Gasteiger partial charge < -0.3 is 10.5 Å². The minimum Gasteiger partial charge on any atom is -0.437 e. The largest absolute Gasteiger partial charge is 0.437 e. The number of para-hydroxylation sites is 1. The van der Waals surface area contributed by atoms with Crippen LogP contribution in [-0.2, 0) is 11.2 Å². The van der Waals surface area contributed by atoms with Crippen molar-refractivity contribution < 1.29 is 14.7 Å². The fourth-order valence-electron chi connectivity index (χ4n) is 1.93. The highest BCUT2D eigenvalue weighted by Crippen LogP contribution is 2.26. The Hall–Kier alpha value is -2.51. The van der Waals surface area contributed by atoms with Crippen molar-refractivity contribution in [2.75, 3.05) is 5.06 Å². The first-order chi connectivity index (χ1) is 9.65. The lowest BCUT2D eigenvalue weighted by atomic mass is 10.1. The Labute approximate surface area is 114 Å². The van der Waals surface area contributed by atoms with Gasteiger partial charge >= 0.3 is 0 Å². The van der Waals surface area contributed by atoms with Crippen LogP contribution in [0, 0.1) is 0 Å². The molecular formula is C13H12N4O3. The van der Waals surface area contributed by atoms with Crippen LogP contribution in [0.3, 0.4) is 0 Å². The lowest BCUT2D eigenvalue weighted by molar-refractivity contribution is -0.125. The standard InChI is InChI=1S/C13H12N4O3/c14-9-6-10-12(17(19)13(9)18)15-7-11(16-10)20-8-4-2-1-3-5-8/h1-5,7,9,19H,6,14H2/t9-/m0/s1. The molecule has 1 aromatic heterocycles. The predicted molar refractivity (Wildman–Crippen MR) is 69.5 cm³/mol. The number of anilines is 1. The Bertz CT molecular complexity index is 647. The van der Waals surface area contributed by atoms with Gasteiger partial charge in [0, 0.05) is 6.42 Å². The zero-order chi connectivity index (χ0) is 14.1. The SMILES string of the molecule is N[C@H]1Cc2nc(Oc3ccccc3)cnc2N(O)C1=O. The zero-order valence-corrected chi connectivity index (χ0v) is 10.4. The van der Waals surface area contributed by atoms with Gasteiger partial charge in [-0.15, -0.1) is 0 Å². The predicted octanol–water partition coefficient (Wildman–Crippen LogP) is 0.874. The molecule has 2 heterocycles. The summed E-state index contributed by atoms with van der Waals surface area (Å²) in [4.78, 5) is 19.7. The van der Waals surface area contributed by atoms with Gasteiger partial charge in [0.05, 0.1) is 17.9 Å². The molecule has 20 heavy (non-hydrogen) atoms. The van der Waals surface area contributed by atoms with Crippen LogP contribution < -0.4 is 15.5 Å². The summed E-state index contributed by atoms with van der Waals surface area (Å²) in [6, 6.07) is 8.30. The Kier molecular flexibility index (Phi) is 3.05. The summed E-state index contributed by atoms with van der Waals surface area (Å²) in [5, 5.41) is 10.1. The third-order valence-electron chi connectivity index (χ3n) is 2.91. The van der Waals surface area contributed by atoms with Crippen molar-refractivity contribution in [2.45, 2.75) is 12.5 Å². The normalized spacial score (nSPS) is 17.8. The molecule has 0 unspecified atom stereocenters. The van der Waals surface area contributed by atoms with E-state index in [1.54, 1.807) is 12.1 Å². The Morgan fingerprint density at radius 1 is 1.35 bits per heavy atom. The zero-order valence-electron chi connectivity index (χ0n) is 10.4. The van der Waals surface area contributed by atoms with Crippen molar-refractivity contribution in [3.8, 4) is 11.6 Å². The molecule has 0 saturated heterocycles. The van der Waals surface area contributed by atoms with E-state index in [-0.39, 0.29) is 18.1 Å². The quantitative estimate of drug-likeness (QED) is 0.787. The van der Waals surface area contributed by atoms with Crippen LogP contribution in [0.15, 0.2) is 36.5 Å². The third kappa shape index (κ3) is 2.20. The number of nitrogens with two attached hydrogens (primary N) is 1. The maximum Gasteiger partial charge on any atom is 0.269 e. The second kappa shape index (κ2) is 4.87. The molecule has 1 aliphatic heterocycles. The lowest BCUT2D eigenvalue weighted by Gasteiger charge is -2.25. The molecule has 1 aliphatic rings. The van der Waals surface area contributed by atoms with Gasteiger partial charge in [0.15, 0.2) is 5.82 Å². The number of ether oxygens (including phenoxy) is 1. The smallest absolute Gasteiger partial charge is 0.269 e. The topological polar surface area (TPSA) is 102 Å². The molecule has 7 nitrogen and oxygen atoms in total. The fourth-order valence-corrected chi connectivity index (χ4v) is 1.93. The second-order valence-corrected chi connectivity index (χ2v) is 4.35. The van der Waals surface area contributed by atoms with E-state index >= 15 is 0 Å². The summed E-state index contributed by atoms with van der Waals surface area (Å²) in [5.41, 5.74) is 6.05. The highest BCUT2D eigenvalue weighted by atomic mass is 16.5. The van der Waals surface area contributed by atoms with Crippen LogP contribution in [0.2, 0.25) is 0 Å². The van der Waals surface area contributed by atoms with Gasteiger partial charge in [0.2, 0.25) is 5.88 Å². The molecule has 0 spiro atoms. The van der Waals surface area contributed by atoms with Crippen LogP contribution >= 0.6 is 0 Å². The van der Waals surface area contributed by atoms with Crippen LogP contribution in [-0.4, -0.2) is 27.1 Å². The van der Waals surface area contributed by atoms with Crippen molar-refractivity contribution in [3.63, 3.8) is 0 Å². The van der Waals surface area contributed by atoms with Crippen LogP contribution in [0.25, 0.3) is 0 Å². The monoisotopic (exact) mass is 272 g/mol. The Balaban J connectivity index is 1.90. The van der Waals surface area contributed by atoms with Gasteiger partial charge in [-0.25, -0.2) is 9.97 Å². The third-order valence-corrected chi connectivity index (χ3v) is 2.91. The summed E-state index contributed by atoms with van der Waals surface area (Å²) >= 11 is 0. The number of hydrogen-bond donors (Lipinski definition) is 2. The molecule has 0 saturated carbocycles. The average molecular weight is 272 g/mol. The summed E-state index contributed by atoms with van der Waals surface area (Å²) < 4.78 is 5.54. The van der Waals surface area contributed by atoms with Crippen molar-refractivity contribution in [1.82, 2.24) is 9.97 Å². The van der Waals surface area contributed by atoms with Crippen molar-refractivity contribution in [3.05, 3.63) is 42.2 Å². The van der Waals surface area contributed by atoms with Gasteiger partial charge in [-0.05, 0) is 12.1 Å². The number of fused-ring (bicyclic) bond motifs is 1. The first kappa shape index (κ1) is 12.5. The Morgan fingerprint density at radius 2 is 2.10 bits per heavy atom. The minimum atomic E-state index is -0.825. The van der Waals surface area contributed by atoms with Crippen LogP contribution in [0.1, 0.15) is 5.69 Å². The lowest BCUT2D eigenvalue weighted by Crippen LogP contribution is -2.48. The molecule has 3 rings (SSSR count). The minimum absolute atomic E-state index is 0.0945. The number of rotatable bonds is 2. The van der Waals surface area contributed by atoms with Gasteiger partial charge in [0.25, 0.3) is 5.91 Å². The van der Waals surface area contributed by atoms with E-state index in [0.29, 0.717) is 16.5 Å². The number of carbonyl (C=O) groups is 1. The molecule has 0 bridgehead atoms. The van der Waals surface area contributed by atoms with E-state index in [1.807, 2.05) is 18.2 Å². The van der Waals surface area contributed by atoms with Crippen molar-refractivity contribution in [1.29, 1.82) is 0 Å². The maximum absolute atomic E-state index is 11.5. The molecule has 2 aromatic rings. The summed E-state index contributed by atoms with van der Waals surface area (Å²) in [7, 11) is 0. The molecule has 3 N–H and O–H groups in total. The van der Waals surface area contributed by atoms with Gasteiger partial charge in [-0.3, -0.25) is 10.0 Å². The van der Waals surface area contributed by atoms with E-state index in [4.69, 9.17) is 10.5 Å². The van der Waals surface area contributed by atoms with Crippen molar-refractivity contribution in [2.24, 2.45) is 5.73 Å². The molecule has 0 aliphatic carbocycles. The molecule has 0 fully saturated rings. The molecule has 102 valence electrons. The number of carbonyl (C=O) groups excluding carboxylic acids is 1. The molecule has 7 heteroatoms. The molecular weight excluding hydrogens is 260 g/mol. The van der Waals surface area contributed by atoms with E-state index in [2.05, 4.69) is 9.97 Å². The van der Waals surface area contributed by atoms with Gasteiger partial charge in [-0.1, -0.05) is 18.2 Å². The van der Waals surface area contributed by atoms with Crippen LogP contribution in [0.5, 0.6) is 11.6 Å². The van der Waals surface area contributed by atoms with Crippen LogP contribution in [0.4, 0.5) is 5.82 Å². The molecule has 1 atom stereocenters. The van der Waals surface area contributed by atoms with E-state index < -0.39 is 11.9 Å². The molecule has 0 radical (unpaired) electrons. The van der Waals surface area contributed by atoms with E-state index in [9.17, 15) is 10.0 Å². The number of hydroxylamine groups is 1. The average Bonchev–Trinajstić information content (AvgIpc) is 2.46. The summed E-state index contributed by atoms with van der Waals surface area (Å²) in [5.74, 6) is 0.407. The fraction of sp³-hybridized carbons (Fsp3) is 0.154. The second-order valence-electron chi connectivity index (χ2n) is 4.35. The highest BCUT2D eigenvalue weighted by molar-refractivity contribution is 5.96. The number of nitrogens with zero attached hydrogens (tertiary/aromatic N) is 3. The first-order valence-corrected chi connectivity index (χ1v) is 6.02. The number of amides is 1. The van der Waals surface area contributed by atoms with E-state index in [0.717, 1.165) is 0 Å². The number of hydrogen-bond acceptors (Lipinski definition) is 6. The summed E-state index contributed by atoms with van der Waals surface area (Å²) in [6.07, 6.45) is 1.56. The maximum atomic E-state index is 11.5. The Morgan fingerprint density at radius 3 is 2.85 bits per heavy atom. The van der Waals surface area contributed by atoms with E-state index in [1.165, 1.54) is 6.20 Å². The van der Waals surface area contributed by atoms with Crippen molar-refractivity contribution >= 4 is 11.7 Å².